The van der Waals surface area contributed by atoms with Gasteiger partial charge >= 0.3 is 5.88 Å². The van der Waals surface area contributed by atoms with Gasteiger partial charge in [-0.3, -0.25) is 0 Å². The number of nitrogens with zero attached hydrogens (tertiary/aromatic N) is 1. The first-order valence-corrected chi connectivity index (χ1v) is 6.33. The van der Waals surface area contributed by atoms with Crippen molar-refractivity contribution in [2.45, 2.75) is 31.7 Å². The molecule has 5 heteroatoms. The molecular weight excluding hydrogens is 213 g/mol. The van der Waals surface area contributed by atoms with Crippen LogP contribution >= 0.6 is 9.24 Å². The van der Waals surface area contributed by atoms with E-state index in [1.54, 1.807) is 0 Å². The molecule has 0 saturated heterocycles. The summed E-state index contributed by atoms with van der Waals surface area (Å²) in [5.74, 6) is 0.422. The van der Waals surface area contributed by atoms with E-state index in [1.165, 1.54) is 18.4 Å². The summed E-state index contributed by atoms with van der Waals surface area (Å²) >= 11 is 0. The van der Waals surface area contributed by atoms with Crippen LogP contribution in [0.25, 0.3) is 0 Å². The van der Waals surface area contributed by atoms with Crippen molar-refractivity contribution in [3.05, 3.63) is 11.5 Å². The van der Waals surface area contributed by atoms with Gasteiger partial charge in [0.05, 0.1) is 6.61 Å². The highest BCUT2D eigenvalue weighted by Crippen LogP contribution is 2.62. The van der Waals surface area contributed by atoms with E-state index in [4.69, 9.17) is 4.74 Å². The molecule has 2 unspecified atom stereocenters. The number of quaternary nitrogens is 1. The number of fused-ring (bicyclic) bond motifs is 1. The van der Waals surface area contributed by atoms with Crippen LogP contribution in [0.15, 0.2) is 11.5 Å². The minimum Gasteiger partial charge on any atom is -0.447 e. The number of hydroxylamine groups is 4. The molecule has 1 spiro atoms. The Bertz CT molecular complexity index is 336. The average molecular weight is 230 g/mol. The van der Waals surface area contributed by atoms with Crippen LogP contribution in [0.5, 0.6) is 0 Å². The maximum atomic E-state index is 10.1. The topological polar surface area (TPSA) is 49.7 Å². The minimum absolute atomic E-state index is 0.158. The number of rotatable bonds is 1. The molecule has 0 aromatic heterocycles. The van der Waals surface area contributed by atoms with Crippen LogP contribution in [0.2, 0.25) is 0 Å². The molecule has 0 aromatic carbocycles. The third-order valence-corrected chi connectivity index (χ3v) is 4.59. The van der Waals surface area contributed by atoms with Crippen LogP contribution in [-0.2, 0) is 4.74 Å². The molecule has 3 rings (SSSR count). The van der Waals surface area contributed by atoms with E-state index >= 15 is 0 Å². The first-order chi connectivity index (χ1) is 7.10. The molecule has 0 aromatic rings. The van der Waals surface area contributed by atoms with Crippen molar-refractivity contribution in [2.75, 3.05) is 12.8 Å². The van der Waals surface area contributed by atoms with Crippen molar-refractivity contribution in [3.63, 3.8) is 0 Å². The fourth-order valence-corrected chi connectivity index (χ4v) is 3.44. The Morgan fingerprint density at radius 3 is 2.80 bits per heavy atom. The van der Waals surface area contributed by atoms with E-state index in [-0.39, 0.29) is 11.5 Å². The molecule has 1 aliphatic carbocycles. The molecular formula is C10H17NO3P+. The molecule has 4 nitrogen and oxygen atoms in total. The second-order valence-corrected chi connectivity index (χ2v) is 5.38. The predicted molar refractivity (Wildman–Crippen MR) is 56.1 cm³/mol. The molecule has 0 amide bonds. The molecule has 15 heavy (non-hydrogen) atoms. The number of ether oxygens (including phenoxy) is 1. The van der Waals surface area contributed by atoms with E-state index in [2.05, 4.69) is 9.24 Å². The van der Waals surface area contributed by atoms with Gasteiger partial charge < -0.3 is 4.74 Å². The summed E-state index contributed by atoms with van der Waals surface area (Å²) in [6.07, 6.45) is 4.83. The lowest BCUT2D eigenvalue weighted by atomic mass is 9.85. The average Bonchev–Trinajstić information content (AvgIpc) is 2.78. The lowest BCUT2D eigenvalue weighted by Gasteiger charge is -2.36. The fourth-order valence-electron chi connectivity index (χ4n) is 2.98. The van der Waals surface area contributed by atoms with E-state index in [0.717, 1.165) is 12.8 Å². The third-order valence-electron chi connectivity index (χ3n) is 4.05. The SMILES string of the molecule is O[N+]1(O)C2=C(CCO2)C2(CC2)CC1CP. The van der Waals surface area contributed by atoms with Crippen molar-refractivity contribution in [2.24, 2.45) is 5.41 Å². The van der Waals surface area contributed by atoms with Gasteiger partial charge in [0.2, 0.25) is 0 Å². The van der Waals surface area contributed by atoms with Gasteiger partial charge in [-0.2, -0.15) is 10.4 Å². The minimum atomic E-state index is -1.03. The zero-order valence-corrected chi connectivity index (χ0v) is 9.80. The van der Waals surface area contributed by atoms with Crippen LogP contribution in [0.4, 0.5) is 0 Å². The van der Waals surface area contributed by atoms with Gasteiger partial charge in [-0.05, 0) is 12.8 Å². The first kappa shape index (κ1) is 10.0. The van der Waals surface area contributed by atoms with Crippen molar-refractivity contribution in [3.8, 4) is 0 Å². The van der Waals surface area contributed by atoms with Gasteiger partial charge in [0.1, 0.15) is 0 Å². The highest BCUT2D eigenvalue weighted by molar-refractivity contribution is 7.16. The molecule has 2 aliphatic heterocycles. The number of hydrogen-bond acceptors (Lipinski definition) is 3. The Kier molecular flexibility index (Phi) is 1.97. The Labute approximate surface area is 91.2 Å². The Morgan fingerprint density at radius 2 is 2.20 bits per heavy atom. The molecule has 2 N–H and O–H groups in total. The molecule has 2 heterocycles. The van der Waals surface area contributed by atoms with Crippen molar-refractivity contribution < 1.29 is 20.0 Å². The van der Waals surface area contributed by atoms with Gasteiger partial charge in [0.15, 0.2) is 6.04 Å². The second-order valence-electron chi connectivity index (χ2n) is 4.91. The maximum Gasteiger partial charge on any atom is 0.358 e. The van der Waals surface area contributed by atoms with Crippen LogP contribution in [0, 0.1) is 5.41 Å². The van der Waals surface area contributed by atoms with Crippen LogP contribution in [0.1, 0.15) is 25.7 Å². The summed E-state index contributed by atoms with van der Waals surface area (Å²) in [5.41, 5.74) is 1.43. The van der Waals surface area contributed by atoms with Gasteiger partial charge in [-0.1, -0.05) is 0 Å². The molecule has 3 aliphatic rings. The zero-order chi connectivity index (χ0) is 10.7. The monoisotopic (exact) mass is 230 g/mol. The summed E-state index contributed by atoms with van der Waals surface area (Å²) in [7, 11) is 2.60. The lowest BCUT2D eigenvalue weighted by Crippen LogP contribution is -2.54. The van der Waals surface area contributed by atoms with Crippen molar-refractivity contribution in [1.29, 1.82) is 0 Å². The Balaban J connectivity index is 2.06. The Morgan fingerprint density at radius 1 is 1.47 bits per heavy atom. The fraction of sp³-hybridized carbons (Fsp3) is 0.800. The van der Waals surface area contributed by atoms with Crippen molar-refractivity contribution >= 4 is 9.24 Å². The molecule has 1 fully saturated rings. The largest absolute Gasteiger partial charge is 0.447 e. The maximum absolute atomic E-state index is 10.1. The van der Waals surface area contributed by atoms with Gasteiger partial charge in [-0.15, -0.1) is 9.24 Å². The van der Waals surface area contributed by atoms with Crippen LogP contribution < -0.4 is 0 Å². The van der Waals surface area contributed by atoms with Crippen LogP contribution in [0.3, 0.4) is 0 Å². The summed E-state index contributed by atoms with van der Waals surface area (Å²) in [4.78, 5) is -1.03. The summed E-state index contributed by atoms with van der Waals surface area (Å²) < 4.78 is 5.42. The van der Waals surface area contributed by atoms with Gasteiger partial charge in [0, 0.05) is 34.8 Å². The first-order valence-electron chi connectivity index (χ1n) is 5.51. The standard InChI is InChI=1S/C10H17NO3P/c12-11(13)7(6-15)5-10(2-3-10)8-1-4-14-9(8)11/h7,12-13H,1-6,15H2/q+1. The quantitative estimate of drug-likeness (QED) is 0.532. The molecule has 2 atom stereocenters. The normalized spacial score (nSPS) is 35.3. The van der Waals surface area contributed by atoms with E-state index in [9.17, 15) is 10.4 Å². The lowest BCUT2D eigenvalue weighted by molar-refractivity contribution is -1.24. The number of hydrogen-bond donors (Lipinski definition) is 2. The zero-order valence-electron chi connectivity index (χ0n) is 8.65. The smallest absolute Gasteiger partial charge is 0.358 e. The predicted octanol–water partition coefficient (Wildman–Crippen LogP) is 1.64. The van der Waals surface area contributed by atoms with E-state index < -0.39 is 4.81 Å². The second kappa shape index (κ2) is 2.95. The van der Waals surface area contributed by atoms with Crippen molar-refractivity contribution in [1.82, 2.24) is 0 Å². The highest BCUT2D eigenvalue weighted by Gasteiger charge is 2.62. The van der Waals surface area contributed by atoms with E-state index in [0.29, 0.717) is 18.7 Å². The molecule has 84 valence electrons. The van der Waals surface area contributed by atoms with E-state index in [1.807, 2.05) is 0 Å². The van der Waals surface area contributed by atoms with Gasteiger partial charge in [-0.25, -0.2) is 0 Å². The summed E-state index contributed by atoms with van der Waals surface area (Å²) in [5, 5.41) is 20.1. The molecule has 0 radical (unpaired) electrons. The summed E-state index contributed by atoms with van der Waals surface area (Å²) in [6, 6.07) is -0.158. The summed E-state index contributed by atoms with van der Waals surface area (Å²) in [6.45, 7) is 0.608. The van der Waals surface area contributed by atoms with Gasteiger partial charge in [0.25, 0.3) is 0 Å². The molecule has 1 saturated carbocycles. The van der Waals surface area contributed by atoms with Crippen LogP contribution in [-0.4, -0.2) is 34.0 Å². The Hall–Kier alpha value is -0.150. The molecule has 0 bridgehead atoms. The third kappa shape index (κ3) is 1.22. The highest BCUT2D eigenvalue weighted by atomic mass is 31.0.